The third-order valence-electron chi connectivity index (χ3n) is 3.36. The van der Waals surface area contributed by atoms with E-state index in [2.05, 4.69) is 4.98 Å². The van der Waals surface area contributed by atoms with Gasteiger partial charge in [0.05, 0.1) is 12.0 Å². The van der Waals surface area contributed by atoms with Crippen LogP contribution in [0.15, 0.2) is 24.4 Å². The van der Waals surface area contributed by atoms with E-state index in [9.17, 15) is 9.90 Å². The van der Waals surface area contributed by atoms with E-state index in [0.717, 1.165) is 12.1 Å². The summed E-state index contributed by atoms with van der Waals surface area (Å²) in [6.45, 7) is 1.01. The maximum absolute atomic E-state index is 11.4. The molecule has 0 radical (unpaired) electrons. The first-order valence-corrected chi connectivity index (χ1v) is 5.94. The molecular formula is C13H17NO3. The second kappa shape index (κ2) is 5.27. The molecule has 1 saturated heterocycles. The molecule has 1 fully saturated rings. The molecule has 1 unspecified atom stereocenters. The first kappa shape index (κ1) is 12.0. The molecule has 1 N–H and O–H groups in total. The van der Waals surface area contributed by atoms with E-state index in [1.54, 1.807) is 6.20 Å². The molecule has 1 aliphatic rings. The molecule has 17 heavy (non-hydrogen) atoms. The fourth-order valence-electron chi connectivity index (χ4n) is 2.24. The average Bonchev–Trinajstić information content (AvgIpc) is 2.38. The third kappa shape index (κ3) is 2.82. The van der Waals surface area contributed by atoms with E-state index < -0.39 is 11.4 Å². The average molecular weight is 235 g/mol. The number of hydrogen-bond acceptors (Lipinski definition) is 3. The van der Waals surface area contributed by atoms with Gasteiger partial charge in [-0.2, -0.15) is 0 Å². The minimum atomic E-state index is -0.742. The van der Waals surface area contributed by atoms with Gasteiger partial charge in [-0.1, -0.05) is 6.07 Å². The molecule has 0 bridgehead atoms. The van der Waals surface area contributed by atoms with E-state index in [-0.39, 0.29) is 0 Å². The van der Waals surface area contributed by atoms with Crippen molar-refractivity contribution in [2.75, 3.05) is 13.2 Å². The Morgan fingerprint density at radius 2 is 2.41 bits per heavy atom. The van der Waals surface area contributed by atoms with Crippen LogP contribution in [0.2, 0.25) is 0 Å². The fraction of sp³-hybridized carbons (Fsp3) is 0.538. The number of ether oxygens (including phenoxy) is 1. The van der Waals surface area contributed by atoms with Crippen molar-refractivity contribution in [3.05, 3.63) is 30.1 Å². The van der Waals surface area contributed by atoms with E-state index in [1.165, 1.54) is 0 Å². The Bertz CT molecular complexity index is 372. The van der Waals surface area contributed by atoms with Crippen LogP contribution in [0.4, 0.5) is 0 Å². The predicted octanol–water partition coefficient (Wildman–Crippen LogP) is 1.90. The number of aryl methyl sites for hydroxylation is 1. The number of carboxylic acid groups (broad SMARTS) is 1. The number of nitrogens with zero attached hydrogens (tertiary/aromatic N) is 1. The van der Waals surface area contributed by atoms with Gasteiger partial charge in [0.25, 0.3) is 0 Å². The molecule has 1 atom stereocenters. The first-order valence-electron chi connectivity index (χ1n) is 5.94. The molecule has 0 saturated carbocycles. The van der Waals surface area contributed by atoms with Crippen LogP contribution in [0, 0.1) is 5.41 Å². The van der Waals surface area contributed by atoms with Gasteiger partial charge < -0.3 is 9.84 Å². The quantitative estimate of drug-likeness (QED) is 0.865. The minimum Gasteiger partial charge on any atom is -0.481 e. The predicted molar refractivity (Wildman–Crippen MR) is 62.7 cm³/mol. The summed E-state index contributed by atoms with van der Waals surface area (Å²) in [4.78, 5) is 15.6. The monoisotopic (exact) mass is 235 g/mol. The lowest BCUT2D eigenvalue weighted by Crippen LogP contribution is -2.39. The van der Waals surface area contributed by atoms with Gasteiger partial charge >= 0.3 is 5.97 Å². The SMILES string of the molecule is O=C(O)C1(CCc2ccccn2)CCCOC1. The molecule has 0 aliphatic carbocycles. The van der Waals surface area contributed by atoms with Crippen molar-refractivity contribution in [3.63, 3.8) is 0 Å². The smallest absolute Gasteiger partial charge is 0.312 e. The van der Waals surface area contributed by atoms with Crippen molar-refractivity contribution in [1.82, 2.24) is 4.98 Å². The Hall–Kier alpha value is -1.42. The summed E-state index contributed by atoms with van der Waals surface area (Å²) < 4.78 is 5.33. The molecular weight excluding hydrogens is 218 g/mol. The lowest BCUT2D eigenvalue weighted by molar-refractivity contribution is -0.158. The van der Waals surface area contributed by atoms with Gasteiger partial charge in [-0.25, -0.2) is 0 Å². The van der Waals surface area contributed by atoms with Gasteiger partial charge in [0.1, 0.15) is 0 Å². The van der Waals surface area contributed by atoms with Gasteiger partial charge in [0, 0.05) is 18.5 Å². The summed E-state index contributed by atoms with van der Waals surface area (Å²) in [6, 6.07) is 5.71. The van der Waals surface area contributed by atoms with Crippen LogP contribution in [0.5, 0.6) is 0 Å². The highest BCUT2D eigenvalue weighted by Gasteiger charge is 2.40. The maximum atomic E-state index is 11.4. The molecule has 2 heterocycles. The van der Waals surface area contributed by atoms with Gasteiger partial charge in [-0.05, 0) is 37.8 Å². The third-order valence-corrected chi connectivity index (χ3v) is 3.36. The van der Waals surface area contributed by atoms with Crippen LogP contribution in [-0.2, 0) is 16.0 Å². The van der Waals surface area contributed by atoms with Crippen molar-refractivity contribution < 1.29 is 14.6 Å². The summed E-state index contributed by atoms with van der Waals surface area (Å²) in [5.41, 5.74) is 0.231. The number of aliphatic carboxylic acids is 1. The van der Waals surface area contributed by atoms with Crippen LogP contribution in [-0.4, -0.2) is 29.3 Å². The second-order valence-corrected chi connectivity index (χ2v) is 4.56. The van der Waals surface area contributed by atoms with Gasteiger partial charge in [-0.15, -0.1) is 0 Å². The number of hydrogen-bond donors (Lipinski definition) is 1. The molecule has 0 aromatic carbocycles. The number of pyridine rings is 1. The number of carboxylic acids is 1. The number of aromatic nitrogens is 1. The van der Waals surface area contributed by atoms with Crippen molar-refractivity contribution in [1.29, 1.82) is 0 Å². The summed E-state index contributed by atoms with van der Waals surface area (Å²) >= 11 is 0. The van der Waals surface area contributed by atoms with Gasteiger partial charge in [0.2, 0.25) is 0 Å². The summed E-state index contributed by atoms with van der Waals surface area (Å²) in [5.74, 6) is -0.742. The normalized spacial score (nSPS) is 24.5. The standard InChI is InChI=1S/C13H17NO3/c15-12(16)13(6-3-9-17-10-13)7-5-11-4-1-2-8-14-11/h1-2,4,8H,3,5-7,9-10H2,(H,15,16). The highest BCUT2D eigenvalue weighted by molar-refractivity contribution is 5.74. The molecule has 0 amide bonds. The Labute approximate surface area is 101 Å². The zero-order chi connectivity index (χ0) is 12.1. The van der Waals surface area contributed by atoms with Crippen molar-refractivity contribution in [3.8, 4) is 0 Å². The minimum absolute atomic E-state index is 0.329. The maximum Gasteiger partial charge on any atom is 0.312 e. The van der Waals surface area contributed by atoms with E-state index in [0.29, 0.717) is 32.5 Å². The molecule has 0 spiro atoms. The van der Waals surface area contributed by atoms with E-state index in [1.807, 2.05) is 18.2 Å². The van der Waals surface area contributed by atoms with Gasteiger partial charge in [0.15, 0.2) is 0 Å². The van der Waals surface area contributed by atoms with Crippen LogP contribution < -0.4 is 0 Å². The summed E-state index contributed by atoms with van der Waals surface area (Å²) in [5, 5.41) is 9.37. The largest absolute Gasteiger partial charge is 0.481 e. The highest BCUT2D eigenvalue weighted by atomic mass is 16.5. The fourth-order valence-corrected chi connectivity index (χ4v) is 2.24. The van der Waals surface area contributed by atoms with Crippen molar-refractivity contribution in [2.45, 2.75) is 25.7 Å². The lowest BCUT2D eigenvalue weighted by atomic mass is 9.78. The second-order valence-electron chi connectivity index (χ2n) is 4.56. The number of rotatable bonds is 4. The Morgan fingerprint density at radius 1 is 1.53 bits per heavy atom. The molecule has 1 aromatic rings. The van der Waals surface area contributed by atoms with Crippen LogP contribution in [0.25, 0.3) is 0 Å². The molecule has 4 heteroatoms. The van der Waals surface area contributed by atoms with E-state index in [4.69, 9.17) is 4.74 Å². The molecule has 1 aromatic heterocycles. The Balaban J connectivity index is 2.01. The molecule has 1 aliphatic heterocycles. The van der Waals surface area contributed by atoms with Gasteiger partial charge in [-0.3, -0.25) is 9.78 Å². The topological polar surface area (TPSA) is 59.4 Å². The van der Waals surface area contributed by atoms with Crippen LogP contribution in [0.3, 0.4) is 0 Å². The van der Waals surface area contributed by atoms with Crippen molar-refractivity contribution in [2.24, 2.45) is 5.41 Å². The first-order chi connectivity index (χ1) is 8.23. The highest BCUT2D eigenvalue weighted by Crippen LogP contribution is 2.33. The zero-order valence-corrected chi connectivity index (χ0v) is 9.76. The summed E-state index contributed by atoms with van der Waals surface area (Å²) in [7, 11) is 0. The molecule has 4 nitrogen and oxygen atoms in total. The van der Waals surface area contributed by atoms with Crippen molar-refractivity contribution >= 4 is 5.97 Å². The Kier molecular flexibility index (Phi) is 3.74. The summed E-state index contributed by atoms with van der Waals surface area (Å²) in [6.07, 6.45) is 4.56. The number of carbonyl (C=O) groups is 1. The lowest BCUT2D eigenvalue weighted by Gasteiger charge is -2.32. The van der Waals surface area contributed by atoms with Crippen LogP contribution >= 0.6 is 0 Å². The van der Waals surface area contributed by atoms with E-state index >= 15 is 0 Å². The molecule has 2 rings (SSSR count). The zero-order valence-electron chi connectivity index (χ0n) is 9.76. The molecule has 92 valence electrons. The Morgan fingerprint density at radius 3 is 3.00 bits per heavy atom. The van der Waals surface area contributed by atoms with Crippen LogP contribution in [0.1, 0.15) is 25.0 Å².